The Hall–Kier alpha value is -2.86. The van der Waals surface area contributed by atoms with E-state index in [1.165, 1.54) is 22.3 Å². The van der Waals surface area contributed by atoms with E-state index in [2.05, 4.69) is 29.6 Å². The molecule has 27 heavy (non-hydrogen) atoms. The second kappa shape index (κ2) is 8.68. The summed E-state index contributed by atoms with van der Waals surface area (Å²) in [5.41, 5.74) is 10.2. The number of amides is 1. The lowest BCUT2D eigenvalue weighted by molar-refractivity contribution is -0.138. The number of unbranched alkanes of at least 4 members (excludes halogenated alkanes) is 1. The first kappa shape index (κ1) is 18.9. The summed E-state index contributed by atoms with van der Waals surface area (Å²) in [7, 11) is 0. The third-order valence-electron chi connectivity index (χ3n) is 4.87. The first-order chi connectivity index (χ1) is 13.1. The van der Waals surface area contributed by atoms with Crippen molar-refractivity contribution in [2.24, 2.45) is 5.73 Å². The predicted octanol–water partition coefficient (Wildman–Crippen LogP) is 3.11. The number of hydrogen-bond donors (Lipinski definition) is 3. The van der Waals surface area contributed by atoms with Gasteiger partial charge in [-0.2, -0.15) is 0 Å². The van der Waals surface area contributed by atoms with Crippen molar-refractivity contribution in [2.75, 3.05) is 13.2 Å². The largest absolute Gasteiger partial charge is 0.480 e. The summed E-state index contributed by atoms with van der Waals surface area (Å²) in [5.74, 6) is -0.962. The number of hydrogen-bond acceptors (Lipinski definition) is 4. The van der Waals surface area contributed by atoms with Crippen molar-refractivity contribution in [1.82, 2.24) is 5.32 Å². The molecule has 0 bridgehead atoms. The molecule has 4 N–H and O–H groups in total. The lowest BCUT2D eigenvalue weighted by atomic mass is 9.98. The van der Waals surface area contributed by atoms with Gasteiger partial charge in [-0.05, 0) is 41.5 Å². The van der Waals surface area contributed by atoms with Crippen LogP contribution in [0.4, 0.5) is 4.79 Å². The van der Waals surface area contributed by atoms with Crippen LogP contribution in [0.5, 0.6) is 0 Å². The molecule has 0 aliphatic heterocycles. The molecule has 3 rings (SSSR count). The molecule has 0 saturated heterocycles. The quantitative estimate of drug-likeness (QED) is 0.622. The summed E-state index contributed by atoms with van der Waals surface area (Å²) in [4.78, 5) is 22.6. The normalized spacial score (nSPS) is 13.5. The summed E-state index contributed by atoms with van der Waals surface area (Å²) in [6.07, 6.45) is 1.23. The van der Waals surface area contributed by atoms with Crippen LogP contribution >= 0.6 is 0 Å². The topological polar surface area (TPSA) is 102 Å². The van der Waals surface area contributed by atoms with Crippen molar-refractivity contribution < 1.29 is 19.4 Å². The van der Waals surface area contributed by atoms with Crippen LogP contribution in [0.1, 0.15) is 36.3 Å². The summed E-state index contributed by atoms with van der Waals surface area (Å²) in [5, 5.41) is 11.4. The molecule has 6 heteroatoms. The van der Waals surface area contributed by atoms with E-state index in [0.29, 0.717) is 25.8 Å². The van der Waals surface area contributed by atoms with Gasteiger partial charge in [-0.1, -0.05) is 48.5 Å². The lowest BCUT2D eigenvalue weighted by Gasteiger charge is -2.14. The Balaban J connectivity index is 1.48. The van der Waals surface area contributed by atoms with Crippen molar-refractivity contribution >= 4 is 12.1 Å². The fourth-order valence-corrected chi connectivity index (χ4v) is 3.45. The van der Waals surface area contributed by atoms with Crippen LogP contribution in [0.2, 0.25) is 0 Å². The van der Waals surface area contributed by atoms with Crippen LogP contribution in [0, 0.1) is 0 Å². The zero-order valence-corrected chi connectivity index (χ0v) is 15.1. The van der Waals surface area contributed by atoms with Gasteiger partial charge in [0.05, 0.1) is 0 Å². The number of carbonyl (C=O) groups is 2. The van der Waals surface area contributed by atoms with Gasteiger partial charge in [0.15, 0.2) is 0 Å². The van der Waals surface area contributed by atoms with Crippen LogP contribution in [-0.2, 0) is 9.53 Å². The van der Waals surface area contributed by atoms with Gasteiger partial charge in [-0.25, -0.2) is 4.79 Å². The first-order valence-corrected chi connectivity index (χ1v) is 9.15. The molecule has 0 radical (unpaired) electrons. The third-order valence-corrected chi connectivity index (χ3v) is 4.87. The fourth-order valence-electron chi connectivity index (χ4n) is 3.45. The van der Waals surface area contributed by atoms with Gasteiger partial charge in [0, 0.05) is 12.5 Å². The Morgan fingerprint density at radius 1 is 1.04 bits per heavy atom. The van der Waals surface area contributed by atoms with E-state index < -0.39 is 18.1 Å². The molecule has 0 aromatic heterocycles. The van der Waals surface area contributed by atoms with Crippen molar-refractivity contribution in [3.05, 3.63) is 59.7 Å². The second-order valence-electron chi connectivity index (χ2n) is 6.69. The van der Waals surface area contributed by atoms with Gasteiger partial charge < -0.3 is 20.9 Å². The minimum absolute atomic E-state index is 0.0386. The van der Waals surface area contributed by atoms with Crippen LogP contribution in [0.3, 0.4) is 0 Å². The molecule has 6 nitrogen and oxygen atoms in total. The maximum absolute atomic E-state index is 12.0. The molecular formula is C21H24N2O4. The van der Waals surface area contributed by atoms with E-state index in [1.807, 2.05) is 24.3 Å². The van der Waals surface area contributed by atoms with Crippen LogP contribution < -0.4 is 11.1 Å². The maximum atomic E-state index is 12.0. The number of fused-ring (bicyclic) bond motifs is 3. The van der Waals surface area contributed by atoms with Crippen LogP contribution in [-0.4, -0.2) is 36.4 Å². The molecule has 0 saturated carbocycles. The molecule has 1 atom stereocenters. The summed E-state index contributed by atoms with van der Waals surface area (Å²) < 4.78 is 5.44. The smallest absolute Gasteiger partial charge is 0.407 e. The number of carboxylic acid groups (broad SMARTS) is 1. The van der Waals surface area contributed by atoms with Crippen LogP contribution in [0.15, 0.2) is 48.5 Å². The van der Waals surface area contributed by atoms with E-state index in [1.54, 1.807) is 0 Å². The van der Waals surface area contributed by atoms with Gasteiger partial charge in [-0.3, -0.25) is 4.79 Å². The van der Waals surface area contributed by atoms with E-state index in [-0.39, 0.29) is 12.5 Å². The Bertz CT molecular complexity index is 776. The zero-order valence-electron chi connectivity index (χ0n) is 15.1. The van der Waals surface area contributed by atoms with Crippen molar-refractivity contribution in [3.8, 4) is 11.1 Å². The SMILES string of the molecule is N[C@H](CCCCNC(=O)OCC1c2ccccc2-c2ccccc21)C(=O)O. The van der Waals surface area contributed by atoms with Gasteiger partial charge >= 0.3 is 12.1 Å². The number of rotatable bonds is 8. The molecule has 142 valence electrons. The molecule has 1 aliphatic carbocycles. The molecule has 2 aromatic rings. The standard InChI is InChI=1S/C21H24N2O4/c22-19(20(24)25)11-5-6-12-23-21(26)27-13-18-16-9-3-1-7-14(16)15-8-2-4-10-17(15)18/h1-4,7-10,18-19H,5-6,11-13,22H2,(H,23,26)(H,24,25)/t19-/m1/s1. The maximum Gasteiger partial charge on any atom is 0.407 e. The highest BCUT2D eigenvalue weighted by Gasteiger charge is 2.28. The third kappa shape index (κ3) is 4.46. The van der Waals surface area contributed by atoms with Gasteiger partial charge in [0.1, 0.15) is 12.6 Å². The Labute approximate surface area is 158 Å². The average molecular weight is 368 g/mol. The van der Waals surface area contributed by atoms with E-state index >= 15 is 0 Å². The van der Waals surface area contributed by atoms with Crippen molar-refractivity contribution in [3.63, 3.8) is 0 Å². The number of carbonyl (C=O) groups excluding carboxylic acids is 1. The average Bonchev–Trinajstić information content (AvgIpc) is 3.00. The van der Waals surface area contributed by atoms with E-state index in [4.69, 9.17) is 15.6 Å². The van der Waals surface area contributed by atoms with Gasteiger partial charge in [0.25, 0.3) is 0 Å². The Morgan fingerprint density at radius 2 is 1.63 bits per heavy atom. The number of carboxylic acids is 1. The second-order valence-corrected chi connectivity index (χ2v) is 6.69. The Kier molecular flexibility index (Phi) is 6.08. The monoisotopic (exact) mass is 368 g/mol. The highest BCUT2D eigenvalue weighted by Crippen LogP contribution is 2.44. The van der Waals surface area contributed by atoms with Crippen molar-refractivity contribution in [1.29, 1.82) is 0 Å². The van der Waals surface area contributed by atoms with E-state index in [9.17, 15) is 9.59 Å². The highest BCUT2D eigenvalue weighted by molar-refractivity contribution is 5.79. The van der Waals surface area contributed by atoms with Gasteiger partial charge in [0.2, 0.25) is 0 Å². The molecular weight excluding hydrogens is 344 g/mol. The minimum atomic E-state index is -1.00. The molecule has 0 unspecified atom stereocenters. The molecule has 0 fully saturated rings. The molecule has 2 aromatic carbocycles. The zero-order chi connectivity index (χ0) is 19.2. The molecule has 0 heterocycles. The minimum Gasteiger partial charge on any atom is -0.480 e. The molecule has 0 spiro atoms. The lowest BCUT2D eigenvalue weighted by Crippen LogP contribution is -2.30. The summed E-state index contributed by atoms with van der Waals surface area (Å²) in [6.45, 7) is 0.715. The van der Waals surface area contributed by atoms with Crippen LogP contribution in [0.25, 0.3) is 11.1 Å². The summed E-state index contributed by atoms with van der Waals surface area (Å²) >= 11 is 0. The molecule has 1 amide bonds. The number of nitrogens with one attached hydrogen (secondary N) is 1. The number of benzene rings is 2. The number of alkyl carbamates (subject to hydrolysis) is 1. The number of aliphatic carboxylic acids is 1. The fraction of sp³-hybridized carbons (Fsp3) is 0.333. The summed E-state index contributed by atoms with van der Waals surface area (Å²) in [6, 6.07) is 15.5. The number of nitrogens with two attached hydrogens (primary N) is 1. The van der Waals surface area contributed by atoms with E-state index in [0.717, 1.165) is 0 Å². The predicted molar refractivity (Wildman–Crippen MR) is 103 cm³/mol. The highest BCUT2D eigenvalue weighted by atomic mass is 16.5. The Morgan fingerprint density at radius 3 is 2.22 bits per heavy atom. The first-order valence-electron chi connectivity index (χ1n) is 9.15. The van der Waals surface area contributed by atoms with Gasteiger partial charge in [-0.15, -0.1) is 0 Å². The molecule has 1 aliphatic rings. The number of ether oxygens (including phenoxy) is 1. The van der Waals surface area contributed by atoms with Crippen molar-refractivity contribution in [2.45, 2.75) is 31.2 Å².